The molecule has 102 valence electrons. The molecule has 0 saturated carbocycles. The van der Waals surface area contributed by atoms with E-state index >= 15 is 0 Å². The number of rotatable bonds is 2. The summed E-state index contributed by atoms with van der Waals surface area (Å²) >= 11 is 3.29. The number of nitrogens with zero attached hydrogens (tertiary/aromatic N) is 2. The molecule has 2 rings (SSSR count). The second-order valence-corrected chi connectivity index (χ2v) is 5.27. The van der Waals surface area contributed by atoms with Crippen LogP contribution in [-0.4, -0.2) is 41.8 Å². The molecule has 0 aromatic carbocycles. The number of piperidine rings is 1. The van der Waals surface area contributed by atoms with Crippen LogP contribution in [0.15, 0.2) is 22.9 Å². The van der Waals surface area contributed by atoms with E-state index in [1.807, 2.05) is 0 Å². The molecule has 1 saturated heterocycles. The van der Waals surface area contributed by atoms with Gasteiger partial charge in [0.2, 0.25) is 5.91 Å². The Balaban J connectivity index is 2.00. The van der Waals surface area contributed by atoms with Crippen LogP contribution in [0.25, 0.3) is 0 Å². The first-order chi connectivity index (χ1) is 9.13. The van der Waals surface area contributed by atoms with Gasteiger partial charge in [0.25, 0.3) is 5.91 Å². The van der Waals surface area contributed by atoms with E-state index in [0.29, 0.717) is 36.1 Å². The fourth-order valence-corrected chi connectivity index (χ4v) is 2.68. The Morgan fingerprint density at radius 1 is 1.42 bits per heavy atom. The van der Waals surface area contributed by atoms with Crippen LogP contribution in [-0.2, 0) is 4.79 Å². The van der Waals surface area contributed by atoms with Gasteiger partial charge < -0.3 is 10.2 Å². The summed E-state index contributed by atoms with van der Waals surface area (Å²) < 4.78 is 0.563. The zero-order valence-corrected chi connectivity index (χ0v) is 12.3. The average Bonchev–Trinajstić information content (AvgIpc) is 2.46. The minimum absolute atomic E-state index is 0.0198. The van der Waals surface area contributed by atoms with Gasteiger partial charge in [-0.25, -0.2) is 4.98 Å². The molecule has 1 N–H and O–H groups in total. The van der Waals surface area contributed by atoms with Gasteiger partial charge in [0.1, 0.15) is 4.60 Å². The summed E-state index contributed by atoms with van der Waals surface area (Å²) in [4.78, 5) is 29.7. The number of carbonyl (C=O) groups is 2. The molecule has 1 fully saturated rings. The van der Waals surface area contributed by atoms with Gasteiger partial charge in [0, 0.05) is 32.3 Å². The molecule has 1 aliphatic rings. The summed E-state index contributed by atoms with van der Waals surface area (Å²) in [6, 6.07) is 3.50. The van der Waals surface area contributed by atoms with E-state index in [-0.39, 0.29) is 17.7 Å². The third kappa shape index (κ3) is 3.12. The fraction of sp³-hybridized carbons (Fsp3) is 0.462. The second-order valence-electron chi connectivity index (χ2n) is 4.52. The highest BCUT2D eigenvalue weighted by Crippen LogP contribution is 2.21. The summed E-state index contributed by atoms with van der Waals surface area (Å²) in [7, 11) is 1.65. The summed E-state index contributed by atoms with van der Waals surface area (Å²) in [5.41, 5.74) is 0.570. The first-order valence-electron chi connectivity index (χ1n) is 6.25. The molecule has 5 nitrogen and oxygen atoms in total. The van der Waals surface area contributed by atoms with Gasteiger partial charge >= 0.3 is 0 Å². The lowest BCUT2D eigenvalue weighted by Gasteiger charge is -2.31. The lowest BCUT2D eigenvalue weighted by molar-refractivity contribution is -0.125. The highest BCUT2D eigenvalue weighted by Gasteiger charge is 2.27. The van der Waals surface area contributed by atoms with E-state index in [0.717, 1.165) is 0 Å². The van der Waals surface area contributed by atoms with Gasteiger partial charge in [-0.3, -0.25) is 9.59 Å². The molecule has 19 heavy (non-hydrogen) atoms. The smallest absolute Gasteiger partial charge is 0.256 e. The quantitative estimate of drug-likeness (QED) is 0.837. The molecule has 0 bridgehead atoms. The van der Waals surface area contributed by atoms with Gasteiger partial charge in [0.05, 0.1) is 5.56 Å². The van der Waals surface area contributed by atoms with Crippen LogP contribution in [0.5, 0.6) is 0 Å². The van der Waals surface area contributed by atoms with Crippen LogP contribution in [0.4, 0.5) is 0 Å². The van der Waals surface area contributed by atoms with Crippen molar-refractivity contribution in [3.05, 3.63) is 28.5 Å². The number of pyridine rings is 1. The highest BCUT2D eigenvalue weighted by molar-refractivity contribution is 9.10. The zero-order chi connectivity index (χ0) is 13.8. The van der Waals surface area contributed by atoms with Crippen LogP contribution < -0.4 is 5.32 Å². The normalized spacial score (nSPS) is 16.2. The van der Waals surface area contributed by atoms with Crippen LogP contribution in [0.1, 0.15) is 23.2 Å². The highest BCUT2D eigenvalue weighted by atomic mass is 79.9. The molecule has 0 aliphatic carbocycles. The number of amides is 2. The predicted octanol–water partition coefficient (Wildman–Crippen LogP) is 1.44. The third-order valence-corrected chi connectivity index (χ3v) is 4.02. The zero-order valence-electron chi connectivity index (χ0n) is 10.7. The van der Waals surface area contributed by atoms with E-state index in [9.17, 15) is 9.59 Å². The van der Waals surface area contributed by atoms with Crippen molar-refractivity contribution in [2.75, 3.05) is 20.1 Å². The van der Waals surface area contributed by atoms with Crippen LogP contribution in [0, 0.1) is 5.92 Å². The molecule has 0 spiro atoms. The molecule has 1 aromatic heterocycles. The Hall–Kier alpha value is -1.43. The first kappa shape index (κ1) is 14.0. The maximum Gasteiger partial charge on any atom is 0.256 e. The lowest BCUT2D eigenvalue weighted by atomic mass is 9.95. The number of likely N-dealkylation sites (tertiary alicyclic amines) is 1. The molecular weight excluding hydrogens is 310 g/mol. The van der Waals surface area contributed by atoms with Gasteiger partial charge in [-0.2, -0.15) is 0 Å². The SMILES string of the molecule is CNC(=O)C1CCN(C(=O)c2cccnc2Br)CC1. The number of hydrogen-bond acceptors (Lipinski definition) is 3. The van der Waals surface area contributed by atoms with E-state index in [1.165, 1.54) is 0 Å². The average molecular weight is 326 g/mol. The molecule has 0 atom stereocenters. The Morgan fingerprint density at radius 3 is 2.68 bits per heavy atom. The van der Waals surface area contributed by atoms with Crippen molar-refractivity contribution in [3.8, 4) is 0 Å². The van der Waals surface area contributed by atoms with Crippen LogP contribution in [0.2, 0.25) is 0 Å². The minimum Gasteiger partial charge on any atom is -0.359 e. The fourth-order valence-electron chi connectivity index (χ4n) is 2.26. The van der Waals surface area contributed by atoms with E-state index in [2.05, 4.69) is 26.2 Å². The van der Waals surface area contributed by atoms with Gasteiger partial charge in [-0.05, 0) is 40.9 Å². The molecule has 0 radical (unpaired) electrons. The molecule has 2 amide bonds. The monoisotopic (exact) mass is 325 g/mol. The number of nitrogens with one attached hydrogen (secondary N) is 1. The maximum atomic E-state index is 12.3. The second kappa shape index (κ2) is 6.14. The van der Waals surface area contributed by atoms with Gasteiger partial charge in [-0.1, -0.05) is 0 Å². The lowest BCUT2D eigenvalue weighted by Crippen LogP contribution is -2.42. The predicted molar refractivity (Wildman–Crippen MR) is 74.6 cm³/mol. The summed E-state index contributed by atoms with van der Waals surface area (Å²) in [5, 5.41) is 2.66. The van der Waals surface area contributed by atoms with Crippen molar-refractivity contribution in [1.29, 1.82) is 0 Å². The van der Waals surface area contributed by atoms with E-state index < -0.39 is 0 Å². The molecular formula is C13H16BrN3O2. The molecule has 1 aliphatic heterocycles. The Morgan fingerprint density at radius 2 is 2.11 bits per heavy atom. The number of carbonyl (C=O) groups excluding carboxylic acids is 2. The van der Waals surface area contributed by atoms with Crippen molar-refractivity contribution in [2.24, 2.45) is 5.92 Å². The molecule has 6 heteroatoms. The third-order valence-electron chi connectivity index (χ3n) is 3.39. The van der Waals surface area contributed by atoms with Gasteiger partial charge in [0.15, 0.2) is 0 Å². The Bertz CT molecular complexity index is 485. The van der Waals surface area contributed by atoms with Crippen molar-refractivity contribution in [1.82, 2.24) is 15.2 Å². The Labute approximate surface area is 120 Å². The topological polar surface area (TPSA) is 62.3 Å². The number of aromatic nitrogens is 1. The van der Waals surface area contributed by atoms with Crippen molar-refractivity contribution in [2.45, 2.75) is 12.8 Å². The number of hydrogen-bond donors (Lipinski definition) is 1. The molecule has 2 heterocycles. The van der Waals surface area contributed by atoms with E-state index in [4.69, 9.17) is 0 Å². The number of halogens is 1. The summed E-state index contributed by atoms with van der Waals surface area (Å²) in [6.07, 6.45) is 3.06. The van der Waals surface area contributed by atoms with Crippen molar-refractivity contribution < 1.29 is 9.59 Å². The van der Waals surface area contributed by atoms with Crippen LogP contribution in [0.3, 0.4) is 0 Å². The molecule has 0 unspecified atom stereocenters. The van der Waals surface area contributed by atoms with Crippen LogP contribution >= 0.6 is 15.9 Å². The van der Waals surface area contributed by atoms with Gasteiger partial charge in [-0.15, -0.1) is 0 Å². The molecule has 1 aromatic rings. The standard InChI is InChI=1S/C13H16BrN3O2/c1-15-12(18)9-4-7-17(8-5-9)13(19)10-3-2-6-16-11(10)14/h2-3,6,9H,4-5,7-8H2,1H3,(H,15,18). The van der Waals surface area contributed by atoms with Crippen molar-refractivity contribution >= 4 is 27.7 Å². The maximum absolute atomic E-state index is 12.3. The summed E-state index contributed by atoms with van der Waals surface area (Å²) in [6.45, 7) is 1.22. The van der Waals surface area contributed by atoms with Crippen molar-refractivity contribution in [3.63, 3.8) is 0 Å². The minimum atomic E-state index is -0.0321. The van der Waals surface area contributed by atoms with E-state index in [1.54, 1.807) is 30.3 Å². The Kier molecular flexibility index (Phi) is 4.52. The largest absolute Gasteiger partial charge is 0.359 e. The summed E-state index contributed by atoms with van der Waals surface area (Å²) in [5.74, 6) is 0.0522. The first-order valence-corrected chi connectivity index (χ1v) is 7.04.